The summed E-state index contributed by atoms with van der Waals surface area (Å²) in [4.78, 5) is 16.2. The van der Waals surface area contributed by atoms with Crippen LogP contribution in [0.4, 0.5) is 0 Å². The zero-order valence-corrected chi connectivity index (χ0v) is 13.5. The van der Waals surface area contributed by atoms with Gasteiger partial charge in [-0.1, -0.05) is 19.0 Å². The smallest absolute Gasteiger partial charge is 0.248 e. The lowest BCUT2D eigenvalue weighted by Gasteiger charge is -2.30. The first-order valence-corrected chi connectivity index (χ1v) is 7.49. The Morgan fingerprint density at radius 3 is 2.61 bits per heavy atom. The summed E-state index contributed by atoms with van der Waals surface area (Å²) >= 11 is 0. The highest BCUT2D eigenvalue weighted by Gasteiger charge is 2.33. The van der Waals surface area contributed by atoms with Crippen molar-refractivity contribution in [3.8, 4) is 5.69 Å². The molecule has 0 radical (unpaired) electrons. The molecule has 1 aliphatic carbocycles. The van der Waals surface area contributed by atoms with Gasteiger partial charge in [0.05, 0.1) is 23.3 Å². The second-order valence-corrected chi connectivity index (χ2v) is 6.57. The average Bonchev–Trinajstić information content (AvgIpc) is 2.90. The van der Waals surface area contributed by atoms with Gasteiger partial charge in [0, 0.05) is 11.1 Å². The summed E-state index contributed by atoms with van der Waals surface area (Å²) in [5.41, 5.74) is 9.78. The second kappa shape index (κ2) is 5.53. The number of nitrogens with zero attached hydrogens (tertiary/aromatic N) is 3. The molecule has 1 aromatic heterocycles. The third-order valence-corrected chi connectivity index (χ3v) is 4.07. The lowest BCUT2D eigenvalue weighted by atomic mass is 9.76. The number of rotatable bonds is 3. The topological polar surface area (TPSA) is 82.5 Å². The number of hydrogen-bond acceptors (Lipinski definition) is 4. The first-order chi connectivity index (χ1) is 10.9. The van der Waals surface area contributed by atoms with Gasteiger partial charge >= 0.3 is 0 Å². The van der Waals surface area contributed by atoms with Crippen molar-refractivity contribution in [3.05, 3.63) is 47.3 Å². The summed E-state index contributed by atoms with van der Waals surface area (Å²) in [6.45, 7) is 4.41. The minimum atomic E-state index is -0.435. The SMILES string of the molecule is CO/N=C1/CC(C)(C)Cc2c1cnn2-c1ccc(C(N)=O)cc1. The van der Waals surface area contributed by atoms with Crippen molar-refractivity contribution in [1.29, 1.82) is 0 Å². The van der Waals surface area contributed by atoms with Crippen molar-refractivity contribution < 1.29 is 9.63 Å². The van der Waals surface area contributed by atoms with Crippen molar-refractivity contribution in [2.45, 2.75) is 26.7 Å². The van der Waals surface area contributed by atoms with E-state index in [0.717, 1.165) is 35.5 Å². The van der Waals surface area contributed by atoms with Crippen LogP contribution in [0.15, 0.2) is 35.6 Å². The number of carbonyl (C=O) groups is 1. The molecule has 3 rings (SSSR count). The molecule has 6 heteroatoms. The zero-order valence-electron chi connectivity index (χ0n) is 13.5. The summed E-state index contributed by atoms with van der Waals surface area (Å²) in [7, 11) is 1.56. The summed E-state index contributed by atoms with van der Waals surface area (Å²) in [6.07, 6.45) is 3.56. The van der Waals surface area contributed by atoms with Crippen molar-refractivity contribution in [3.63, 3.8) is 0 Å². The first kappa shape index (κ1) is 15.3. The minimum absolute atomic E-state index is 0.0787. The van der Waals surface area contributed by atoms with Crippen molar-refractivity contribution >= 4 is 11.6 Å². The Bertz CT molecular complexity index is 772. The highest BCUT2D eigenvalue weighted by atomic mass is 16.6. The van der Waals surface area contributed by atoms with E-state index in [2.05, 4.69) is 24.1 Å². The van der Waals surface area contributed by atoms with Gasteiger partial charge in [0.1, 0.15) is 7.11 Å². The number of hydrogen-bond donors (Lipinski definition) is 1. The van der Waals surface area contributed by atoms with Crippen LogP contribution in [0, 0.1) is 5.41 Å². The predicted octanol–water partition coefficient (Wildman–Crippen LogP) is 2.29. The Balaban J connectivity index is 2.06. The molecule has 6 nitrogen and oxygen atoms in total. The van der Waals surface area contributed by atoms with Crippen LogP contribution in [0.3, 0.4) is 0 Å². The number of primary amides is 1. The van der Waals surface area contributed by atoms with Gasteiger partial charge in [0.25, 0.3) is 0 Å². The van der Waals surface area contributed by atoms with Gasteiger partial charge in [-0.2, -0.15) is 5.10 Å². The van der Waals surface area contributed by atoms with Gasteiger partial charge in [0.15, 0.2) is 0 Å². The molecule has 0 bridgehead atoms. The molecule has 0 unspecified atom stereocenters. The lowest BCUT2D eigenvalue weighted by Crippen LogP contribution is -2.28. The van der Waals surface area contributed by atoms with Gasteiger partial charge in [-0.15, -0.1) is 0 Å². The maximum atomic E-state index is 11.2. The Labute approximate surface area is 134 Å². The van der Waals surface area contributed by atoms with Crippen LogP contribution < -0.4 is 5.73 Å². The van der Waals surface area contributed by atoms with Gasteiger partial charge < -0.3 is 10.6 Å². The molecule has 1 heterocycles. The van der Waals surface area contributed by atoms with Crippen LogP contribution in [0.5, 0.6) is 0 Å². The standard InChI is InChI=1S/C17H20N4O2/c1-17(2)8-14(20-23-3)13-10-19-21(15(13)9-17)12-6-4-11(5-7-12)16(18)22/h4-7,10H,8-9H2,1-3H3,(H2,18,22)/b20-14-. The third kappa shape index (κ3) is 2.84. The molecule has 1 aromatic carbocycles. The second-order valence-electron chi connectivity index (χ2n) is 6.57. The number of carbonyl (C=O) groups excluding carboxylic acids is 1. The molecule has 1 amide bonds. The quantitative estimate of drug-likeness (QED) is 0.883. The van der Waals surface area contributed by atoms with E-state index in [0.29, 0.717) is 5.56 Å². The Hall–Kier alpha value is -2.63. The van der Waals surface area contributed by atoms with E-state index >= 15 is 0 Å². The Morgan fingerprint density at radius 1 is 1.30 bits per heavy atom. The molecule has 2 aromatic rings. The molecule has 120 valence electrons. The van der Waals surface area contributed by atoms with Gasteiger partial charge in [0.2, 0.25) is 5.91 Å². The zero-order chi connectivity index (χ0) is 16.6. The van der Waals surface area contributed by atoms with Crippen LogP contribution in [0.25, 0.3) is 5.69 Å². The fraction of sp³-hybridized carbons (Fsp3) is 0.353. The molecule has 0 saturated heterocycles. The van der Waals surface area contributed by atoms with E-state index in [1.165, 1.54) is 0 Å². The maximum Gasteiger partial charge on any atom is 0.248 e. The molecule has 0 saturated carbocycles. The fourth-order valence-corrected chi connectivity index (χ4v) is 3.03. The normalized spacial score (nSPS) is 17.8. The number of amides is 1. The summed E-state index contributed by atoms with van der Waals surface area (Å²) in [6, 6.07) is 7.12. The molecule has 1 aliphatic rings. The average molecular weight is 312 g/mol. The lowest BCUT2D eigenvalue weighted by molar-refractivity contribution is 0.100. The molecule has 0 spiro atoms. The van der Waals surface area contributed by atoms with Crippen LogP contribution >= 0.6 is 0 Å². The highest BCUT2D eigenvalue weighted by molar-refractivity contribution is 6.02. The van der Waals surface area contributed by atoms with E-state index in [9.17, 15) is 4.79 Å². The van der Waals surface area contributed by atoms with Crippen LogP contribution in [-0.4, -0.2) is 28.5 Å². The maximum absolute atomic E-state index is 11.2. The monoisotopic (exact) mass is 312 g/mol. The van der Waals surface area contributed by atoms with Gasteiger partial charge in [-0.25, -0.2) is 4.68 Å². The van der Waals surface area contributed by atoms with Crippen molar-refractivity contribution in [2.75, 3.05) is 7.11 Å². The molecule has 0 atom stereocenters. The fourth-order valence-electron chi connectivity index (χ4n) is 3.03. The van der Waals surface area contributed by atoms with Crippen LogP contribution in [0.1, 0.15) is 41.9 Å². The van der Waals surface area contributed by atoms with E-state index in [1.807, 2.05) is 23.0 Å². The first-order valence-electron chi connectivity index (χ1n) is 7.49. The molecular weight excluding hydrogens is 292 g/mol. The third-order valence-electron chi connectivity index (χ3n) is 4.07. The van der Waals surface area contributed by atoms with E-state index < -0.39 is 5.91 Å². The predicted molar refractivity (Wildman–Crippen MR) is 87.7 cm³/mol. The molecule has 23 heavy (non-hydrogen) atoms. The Kier molecular flexibility index (Phi) is 3.67. The summed E-state index contributed by atoms with van der Waals surface area (Å²) in [5.74, 6) is -0.435. The van der Waals surface area contributed by atoms with Crippen molar-refractivity contribution in [2.24, 2.45) is 16.3 Å². The Morgan fingerprint density at radius 2 is 2.00 bits per heavy atom. The molecule has 0 aliphatic heterocycles. The highest BCUT2D eigenvalue weighted by Crippen LogP contribution is 2.36. The van der Waals surface area contributed by atoms with Crippen LogP contribution in [0.2, 0.25) is 0 Å². The minimum Gasteiger partial charge on any atom is -0.399 e. The summed E-state index contributed by atoms with van der Waals surface area (Å²) in [5, 5.41) is 8.67. The van der Waals surface area contributed by atoms with Crippen molar-refractivity contribution in [1.82, 2.24) is 9.78 Å². The molecular formula is C17H20N4O2. The number of fused-ring (bicyclic) bond motifs is 1. The van der Waals surface area contributed by atoms with E-state index in [4.69, 9.17) is 10.6 Å². The van der Waals surface area contributed by atoms with E-state index in [-0.39, 0.29) is 5.41 Å². The summed E-state index contributed by atoms with van der Waals surface area (Å²) < 4.78 is 1.90. The largest absolute Gasteiger partial charge is 0.399 e. The molecule has 2 N–H and O–H groups in total. The number of benzene rings is 1. The number of aromatic nitrogens is 2. The van der Waals surface area contributed by atoms with E-state index in [1.54, 1.807) is 19.2 Å². The van der Waals surface area contributed by atoms with Crippen LogP contribution in [-0.2, 0) is 11.3 Å². The van der Waals surface area contributed by atoms with Gasteiger partial charge in [-0.05, 0) is 42.5 Å². The van der Waals surface area contributed by atoms with Gasteiger partial charge in [-0.3, -0.25) is 4.79 Å². The molecule has 0 fully saturated rings. The number of oxime groups is 1. The number of nitrogens with two attached hydrogens (primary N) is 1.